The highest BCUT2D eigenvalue weighted by molar-refractivity contribution is 5.92. The summed E-state index contributed by atoms with van der Waals surface area (Å²) < 4.78 is 37.0. The Kier molecular flexibility index (Phi) is 11.2. The average Bonchev–Trinajstić information content (AvgIpc) is 2.79. The fourth-order valence-corrected chi connectivity index (χ4v) is 2.49. The molecular weight excluding hydrogens is 519 g/mol. The number of carboxylic acids is 2. The van der Waals surface area contributed by atoms with Crippen LogP contribution in [0.5, 0.6) is 5.75 Å². The molecule has 0 bridgehead atoms. The van der Waals surface area contributed by atoms with Crippen molar-refractivity contribution in [3.63, 3.8) is 0 Å². The number of aliphatic imine (C=N–C) groups is 1. The molecule has 0 aliphatic carbocycles. The zero-order chi connectivity index (χ0) is 29.0. The van der Waals surface area contributed by atoms with Gasteiger partial charge in [0.1, 0.15) is 11.8 Å². The highest BCUT2D eigenvalue weighted by Gasteiger charge is 2.38. The molecule has 2 rings (SSSR count). The Morgan fingerprint density at radius 1 is 0.921 bits per heavy atom. The molecule has 1 atom stereocenters. The number of amides is 2. The molecule has 0 aromatic heterocycles. The lowest BCUT2D eigenvalue weighted by molar-refractivity contribution is -0.192. The van der Waals surface area contributed by atoms with Crippen LogP contribution in [0.4, 0.5) is 18.9 Å². The molecule has 0 aliphatic rings. The van der Waals surface area contributed by atoms with Crippen LogP contribution in [-0.2, 0) is 25.6 Å². The number of benzene rings is 2. The van der Waals surface area contributed by atoms with Crippen molar-refractivity contribution in [1.82, 2.24) is 5.32 Å². The Labute approximate surface area is 212 Å². The summed E-state index contributed by atoms with van der Waals surface area (Å²) in [5, 5.41) is 18.4. The highest BCUT2D eigenvalue weighted by atomic mass is 19.4. The van der Waals surface area contributed by atoms with Gasteiger partial charge in [-0.2, -0.15) is 13.2 Å². The van der Waals surface area contributed by atoms with Gasteiger partial charge in [0.05, 0.1) is 24.1 Å². The maximum absolute atomic E-state index is 12.2. The SMILES string of the molecule is NC(=O)C[C@H](NC(=O)Cc1ccc(OC(=O)c2ccc(N=C(N)N)cc2)cc1)C(=O)O.O=C(O)C(F)(F)F. The van der Waals surface area contributed by atoms with Crippen LogP contribution in [0.15, 0.2) is 53.5 Å². The predicted molar refractivity (Wildman–Crippen MR) is 124 cm³/mol. The first kappa shape index (κ1) is 30.9. The maximum atomic E-state index is 12.2. The minimum absolute atomic E-state index is 0.101. The number of ether oxygens (including phenoxy) is 1. The van der Waals surface area contributed by atoms with E-state index in [1.54, 1.807) is 24.3 Å². The molecule has 0 unspecified atom stereocenters. The fraction of sp³-hybridized carbons (Fsp3) is 0.182. The summed E-state index contributed by atoms with van der Waals surface area (Å²) in [6, 6.07) is 10.8. The second-order valence-corrected chi connectivity index (χ2v) is 7.23. The number of hydrogen-bond donors (Lipinski definition) is 6. The van der Waals surface area contributed by atoms with E-state index >= 15 is 0 Å². The molecule has 2 aromatic carbocycles. The average molecular weight is 541 g/mol. The van der Waals surface area contributed by atoms with Crippen LogP contribution in [-0.4, -0.2) is 58.1 Å². The highest BCUT2D eigenvalue weighted by Crippen LogP contribution is 2.17. The lowest BCUT2D eigenvalue weighted by atomic mass is 10.1. The van der Waals surface area contributed by atoms with Crippen LogP contribution in [0.3, 0.4) is 0 Å². The van der Waals surface area contributed by atoms with Crippen LogP contribution in [0.2, 0.25) is 0 Å². The van der Waals surface area contributed by atoms with Gasteiger partial charge in [-0.05, 0) is 42.0 Å². The number of primary amides is 1. The van der Waals surface area contributed by atoms with E-state index in [0.717, 1.165) is 0 Å². The number of carbonyl (C=O) groups excluding carboxylic acids is 3. The van der Waals surface area contributed by atoms with E-state index in [1.807, 2.05) is 0 Å². The molecule has 9 N–H and O–H groups in total. The molecule has 0 saturated heterocycles. The van der Waals surface area contributed by atoms with E-state index in [4.69, 9.17) is 36.9 Å². The van der Waals surface area contributed by atoms with E-state index in [2.05, 4.69) is 10.3 Å². The van der Waals surface area contributed by atoms with Crippen LogP contribution < -0.4 is 27.3 Å². The Balaban J connectivity index is 0.000000905. The van der Waals surface area contributed by atoms with Crippen LogP contribution >= 0.6 is 0 Å². The molecule has 0 heterocycles. The molecule has 0 saturated carbocycles. The number of carbonyl (C=O) groups is 5. The summed E-state index contributed by atoms with van der Waals surface area (Å²) in [5.41, 5.74) is 16.9. The normalized spacial score (nSPS) is 11.1. The number of nitrogens with two attached hydrogens (primary N) is 3. The van der Waals surface area contributed by atoms with Crippen LogP contribution in [0.1, 0.15) is 22.3 Å². The van der Waals surface area contributed by atoms with Gasteiger partial charge in [0, 0.05) is 0 Å². The number of aliphatic carboxylic acids is 2. The Morgan fingerprint density at radius 2 is 1.45 bits per heavy atom. The first-order valence-electron chi connectivity index (χ1n) is 10.2. The van der Waals surface area contributed by atoms with Gasteiger partial charge in [0.2, 0.25) is 11.8 Å². The fourth-order valence-electron chi connectivity index (χ4n) is 2.49. The minimum Gasteiger partial charge on any atom is -0.480 e. The number of hydrogen-bond acceptors (Lipinski definition) is 7. The summed E-state index contributed by atoms with van der Waals surface area (Å²) >= 11 is 0. The summed E-state index contributed by atoms with van der Waals surface area (Å²) in [6.45, 7) is 0. The van der Waals surface area contributed by atoms with Crippen molar-refractivity contribution in [3.05, 3.63) is 59.7 Å². The first-order chi connectivity index (χ1) is 17.6. The van der Waals surface area contributed by atoms with Gasteiger partial charge in [0.25, 0.3) is 0 Å². The van der Waals surface area contributed by atoms with Gasteiger partial charge >= 0.3 is 24.1 Å². The number of guanidine groups is 1. The number of nitrogens with one attached hydrogen (secondary N) is 1. The van der Waals surface area contributed by atoms with Crippen molar-refractivity contribution < 1.29 is 52.1 Å². The van der Waals surface area contributed by atoms with Gasteiger partial charge in [-0.15, -0.1) is 0 Å². The summed E-state index contributed by atoms with van der Waals surface area (Å²) in [6.07, 6.45) is -5.73. The molecule has 204 valence electrons. The van der Waals surface area contributed by atoms with Gasteiger partial charge in [-0.25, -0.2) is 19.4 Å². The third kappa shape index (κ3) is 11.5. The number of esters is 1. The molecule has 0 radical (unpaired) electrons. The summed E-state index contributed by atoms with van der Waals surface area (Å²) in [5.74, 6) is -6.01. The van der Waals surface area contributed by atoms with Crippen molar-refractivity contribution >= 4 is 41.4 Å². The second-order valence-electron chi connectivity index (χ2n) is 7.23. The lowest BCUT2D eigenvalue weighted by Gasteiger charge is -2.13. The van der Waals surface area contributed by atoms with E-state index < -0.39 is 48.4 Å². The minimum atomic E-state index is -5.08. The molecule has 2 amide bonds. The van der Waals surface area contributed by atoms with Gasteiger partial charge in [-0.1, -0.05) is 12.1 Å². The third-order valence-corrected chi connectivity index (χ3v) is 4.14. The predicted octanol–water partition coefficient (Wildman–Crippen LogP) is 0.431. The molecule has 16 heteroatoms. The lowest BCUT2D eigenvalue weighted by Crippen LogP contribution is -2.43. The third-order valence-electron chi connectivity index (χ3n) is 4.14. The first-order valence-corrected chi connectivity index (χ1v) is 10.2. The van der Waals surface area contributed by atoms with Gasteiger partial charge < -0.3 is 37.5 Å². The quantitative estimate of drug-likeness (QED) is 0.111. The summed E-state index contributed by atoms with van der Waals surface area (Å²) in [4.78, 5) is 58.9. The smallest absolute Gasteiger partial charge is 0.480 e. The number of rotatable bonds is 9. The Bertz CT molecular complexity index is 1190. The number of alkyl halides is 3. The Hall–Kier alpha value is -5.15. The van der Waals surface area contributed by atoms with E-state index in [9.17, 15) is 32.3 Å². The van der Waals surface area contributed by atoms with Gasteiger partial charge in [-0.3, -0.25) is 9.59 Å². The van der Waals surface area contributed by atoms with Crippen molar-refractivity contribution in [2.75, 3.05) is 0 Å². The zero-order valence-corrected chi connectivity index (χ0v) is 19.3. The molecule has 0 spiro atoms. The number of halogens is 3. The van der Waals surface area contributed by atoms with Crippen molar-refractivity contribution in [3.8, 4) is 5.75 Å². The van der Waals surface area contributed by atoms with Crippen molar-refractivity contribution in [2.24, 2.45) is 22.2 Å². The van der Waals surface area contributed by atoms with Crippen LogP contribution in [0.25, 0.3) is 0 Å². The van der Waals surface area contributed by atoms with E-state index in [-0.39, 0.29) is 23.7 Å². The molecule has 38 heavy (non-hydrogen) atoms. The van der Waals surface area contributed by atoms with Crippen LogP contribution in [0, 0.1) is 0 Å². The largest absolute Gasteiger partial charge is 0.490 e. The van der Waals surface area contributed by atoms with E-state index in [1.165, 1.54) is 24.3 Å². The van der Waals surface area contributed by atoms with Crippen molar-refractivity contribution in [2.45, 2.75) is 25.1 Å². The summed E-state index contributed by atoms with van der Waals surface area (Å²) in [7, 11) is 0. The molecule has 2 aromatic rings. The second kappa shape index (κ2) is 13.8. The molecule has 0 fully saturated rings. The van der Waals surface area contributed by atoms with Gasteiger partial charge in [0.15, 0.2) is 5.96 Å². The maximum Gasteiger partial charge on any atom is 0.490 e. The standard InChI is InChI=1S/C20H21N5O6.C2HF3O2/c21-16(26)10-15(18(28)29)25-17(27)9-11-1-7-14(8-2-11)31-19(30)12-3-5-13(6-4-12)24-20(22)23;3-2(4,5)1(6)7/h1-8,15H,9-10H2,(H2,21,26)(H,25,27)(H,28,29)(H4,22,23,24);(H,6,7)/t15-;/m0./s1. The number of carboxylic acid groups (broad SMARTS) is 2. The Morgan fingerprint density at radius 3 is 1.87 bits per heavy atom. The monoisotopic (exact) mass is 541 g/mol. The number of nitrogens with zero attached hydrogens (tertiary/aromatic N) is 1. The molecule has 13 nitrogen and oxygen atoms in total. The zero-order valence-electron chi connectivity index (χ0n) is 19.3. The molecule has 0 aliphatic heterocycles. The topological polar surface area (TPSA) is 237 Å². The van der Waals surface area contributed by atoms with E-state index in [0.29, 0.717) is 11.3 Å². The molecular formula is C22H22F3N5O8. The van der Waals surface area contributed by atoms with Crippen molar-refractivity contribution in [1.29, 1.82) is 0 Å².